The first-order valence-corrected chi connectivity index (χ1v) is 21.8. The van der Waals surface area contributed by atoms with Crippen molar-refractivity contribution in [3.63, 3.8) is 0 Å². The maximum Gasteiger partial charge on any atom is 0.344 e. The fourth-order valence-corrected chi connectivity index (χ4v) is 10.7. The van der Waals surface area contributed by atoms with Crippen LogP contribution < -0.4 is 0 Å². The van der Waals surface area contributed by atoms with E-state index in [1.807, 2.05) is 41.5 Å². The standard InChI is InChI=1S/C17H21NO6.C15H24O3.C13H24O2/c1-4-16(2,3)14(20)22-7-11(19)23-12-9-5-10-13(12)24-15(21)17(10,6-9)8-18;1-3-10(2)13(16)18-15-7-11-4-12(8-15)6-14(17,5-11)9-15;1-5-12(3,4)11(14)15-13(6-2)9-7-8-10-13/h9-10,12-13H,4-7H2,1-3H3;10-12,17H,3-9H2,1-2H3;5-10H2,1-4H3. The summed E-state index contributed by atoms with van der Waals surface area (Å²) in [5.74, 6) is -0.843. The van der Waals surface area contributed by atoms with Crippen molar-refractivity contribution in [2.45, 2.75) is 194 Å². The molecule has 1 aliphatic heterocycles. The van der Waals surface area contributed by atoms with Crippen LogP contribution in [-0.2, 0) is 47.7 Å². The average Bonchev–Trinajstić information content (AvgIpc) is 3.91. The van der Waals surface area contributed by atoms with Gasteiger partial charge in [-0.1, -0.05) is 34.6 Å². The Hall–Kier alpha value is -3.20. The fraction of sp³-hybridized carbons (Fsp3) is 0.867. The molecule has 0 amide bonds. The van der Waals surface area contributed by atoms with Gasteiger partial charge in [-0.2, -0.15) is 5.26 Å². The summed E-state index contributed by atoms with van der Waals surface area (Å²) in [4.78, 5) is 59.9. The molecule has 1 heterocycles. The molecular weight excluding hydrogens is 730 g/mol. The second-order valence-corrected chi connectivity index (χ2v) is 20.0. The van der Waals surface area contributed by atoms with Crippen LogP contribution in [0, 0.1) is 57.2 Å². The van der Waals surface area contributed by atoms with E-state index in [0.717, 1.165) is 57.8 Å². The molecule has 0 spiro atoms. The lowest BCUT2D eigenvalue weighted by Gasteiger charge is -2.59. The molecule has 320 valence electrons. The van der Waals surface area contributed by atoms with Crippen LogP contribution in [0.2, 0.25) is 0 Å². The average molecular weight is 800 g/mol. The van der Waals surface area contributed by atoms with E-state index in [1.54, 1.807) is 13.8 Å². The van der Waals surface area contributed by atoms with E-state index in [0.29, 0.717) is 37.5 Å². The highest BCUT2D eigenvalue weighted by Crippen LogP contribution is 2.62. The Balaban J connectivity index is 0.000000169. The number of hydrogen-bond acceptors (Lipinski definition) is 12. The summed E-state index contributed by atoms with van der Waals surface area (Å²) < 4.78 is 27.4. The van der Waals surface area contributed by atoms with Crippen LogP contribution >= 0.6 is 0 Å². The lowest BCUT2D eigenvalue weighted by Crippen LogP contribution is -2.60. The molecule has 1 N–H and O–H groups in total. The summed E-state index contributed by atoms with van der Waals surface area (Å²) in [6, 6.07) is 2.10. The summed E-state index contributed by atoms with van der Waals surface area (Å²) in [7, 11) is 0. The Morgan fingerprint density at radius 2 is 1.49 bits per heavy atom. The summed E-state index contributed by atoms with van der Waals surface area (Å²) in [5.41, 5.74) is -3.05. The number of aliphatic hydroxyl groups is 1. The molecule has 1 saturated heterocycles. The Morgan fingerprint density at radius 1 is 0.895 bits per heavy atom. The van der Waals surface area contributed by atoms with Crippen LogP contribution in [0.15, 0.2) is 0 Å². The first-order valence-electron chi connectivity index (χ1n) is 21.8. The van der Waals surface area contributed by atoms with Crippen LogP contribution in [-0.4, -0.2) is 70.6 Å². The number of nitrogens with zero attached hydrogens (tertiary/aromatic N) is 1. The largest absolute Gasteiger partial charge is 0.459 e. The van der Waals surface area contributed by atoms with E-state index in [4.69, 9.17) is 23.7 Å². The molecule has 0 aromatic carbocycles. The lowest BCUT2D eigenvalue weighted by molar-refractivity contribution is -0.222. The quantitative estimate of drug-likeness (QED) is 0.151. The topological polar surface area (TPSA) is 176 Å². The molecule has 7 aliphatic carbocycles. The third-order valence-electron chi connectivity index (χ3n) is 15.0. The first kappa shape index (κ1) is 44.9. The summed E-state index contributed by atoms with van der Waals surface area (Å²) in [6.07, 6.45) is 13.3. The molecule has 12 nitrogen and oxygen atoms in total. The number of fused-ring (bicyclic) bond motifs is 1. The van der Waals surface area contributed by atoms with E-state index in [9.17, 15) is 34.3 Å². The van der Waals surface area contributed by atoms with Gasteiger partial charge in [0, 0.05) is 18.3 Å². The third kappa shape index (κ3) is 9.18. The van der Waals surface area contributed by atoms with Gasteiger partial charge in [0.1, 0.15) is 23.4 Å². The highest BCUT2D eigenvalue weighted by atomic mass is 16.6. The number of ether oxygens (including phenoxy) is 5. The van der Waals surface area contributed by atoms with Crippen LogP contribution in [0.3, 0.4) is 0 Å². The van der Waals surface area contributed by atoms with E-state index < -0.39 is 53.2 Å². The molecule has 8 rings (SSSR count). The highest BCUT2D eigenvalue weighted by molar-refractivity contribution is 5.85. The van der Waals surface area contributed by atoms with Crippen molar-refractivity contribution in [2.75, 3.05) is 6.61 Å². The Bertz CT molecular complexity index is 1560. The zero-order valence-corrected chi connectivity index (χ0v) is 36.0. The summed E-state index contributed by atoms with van der Waals surface area (Å²) in [6.45, 7) is 16.9. The molecule has 0 aromatic heterocycles. The van der Waals surface area contributed by atoms with Gasteiger partial charge in [0.15, 0.2) is 12.0 Å². The predicted octanol–water partition coefficient (Wildman–Crippen LogP) is 7.70. The van der Waals surface area contributed by atoms with Gasteiger partial charge in [-0.15, -0.1) is 0 Å². The molecule has 8 unspecified atom stereocenters. The molecule has 0 aromatic rings. The minimum atomic E-state index is -1.06. The number of hydrogen-bond donors (Lipinski definition) is 1. The van der Waals surface area contributed by atoms with E-state index in [1.165, 1.54) is 19.3 Å². The van der Waals surface area contributed by atoms with Crippen molar-refractivity contribution in [2.24, 2.45) is 45.8 Å². The molecule has 0 radical (unpaired) electrons. The van der Waals surface area contributed by atoms with Crippen LogP contribution in [0.25, 0.3) is 0 Å². The van der Waals surface area contributed by atoms with Crippen molar-refractivity contribution >= 4 is 29.8 Å². The normalized spacial score (nSPS) is 35.4. The van der Waals surface area contributed by atoms with Gasteiger partial charge in [0.05, 0.1) is 28.4 Å². The van der Waals surface area contributed by atoms with Crippen molar-refractivity contribution in [1.82, 2.24) is 0 Å². The number of carbonyl (C=O) groups is 5. The molecule has 12 heteroatoms. The van der Waals surface area contributed by atoms with Crippen molar-refractivity contribution in [1.29, 1.82) is 5.26 Å². The number of esters is 5. The molecule has 6 bridgehead atoms. The minimum Gasteiger partial charge on any atom is -0.459 e. The molecule has 8 atom stereocenters. The van der Waals surface area contributed by atoms with Crippen molar-refractivity contribution in [3.8, 4) is 6.07 Å². The number of carbonyl (C=O) groups excluding carboxylic acids is 5. The van der Waals surface area contributed by atoms with Crippen LogP contribution in [0.4, 0.5) is 0 Å². The zero-order chi connectivity index (χ0) is 42.2. The third-order valence-corrected chi connectivity index (χ3v) is 15.0. The fourth-order valence-electron chi connectivity index (χ4n) is 10.7. The van der Waals surface area contributed by atoms with Crippen LogP contribution in [0.5, 0.6) is 0 Å². The number of rotatable bonds is 12. The van der Waals surface area contributed by atoms with E-state index in [-0.39, 0.29) is 46.3 Å². The van der Waals surface area contributed by atoms with Gasteiger partial charge < -0.3 is 28.8 Å². The zero-order valence-electron chi connectivity index (χ0n) is 36.0. The smallest absolute Gasteiger partial charge is 0.344 e. The van der Waals surface area contributed by atoms with Gasteiger partial charge >= 0.3 is 29.8 Å². The SMILES string of the molecule is CCC(C)(C)C(=O)OCC(=O)OC1C2CC3C1OC(=O)C3(C#N)C2.CCC(C)C(=O)OC12CC3CC(CC(O)(C3)C1)C2.CCC1(OC(=O)C(C)(C)CC)CCCC1. The first-order chi connectivity index (χ1) is 26.6. The number of nitriles is 1. The van der Waals surface area contributed by atoms with Gasteiger partial charge in [-0.05, 0) is 136 Å². The highest BCUT2D eigenvalue weighted by Gasteiger charge is 2.72. The Morgan fingerprint density at radius 3 is 2.02 bits per heavy atom. The predicted molar refractivity (Wildman–Crippen MR) is 209 cm³/mol. The monoisotopic (exact) mass is 799 g/mol. The van der Waals surface area contributed by atoms with Crippen molar-refractivity contribution < 1.29 is 52.8 Å². The van der Waals surface area contributed by atoms with Gasteiger partial charge in [-0.25, -0.2) is 4.79 Å². The summed E-state index contributed by atoms with van der Waals surface area (Å²) >= 11 is 0. The van der Waals surface area contributed by atoms with E-state index in [2.05, 4.69) is 13.0 Å². The van der Waals surface area contributed by atoms with Gasteiger partial charge in [0.25, 0.3) is 0 Å². The Labute approximate surface area is 339 Å². The van der Waals surface area contributed by atoms with E-state index >= 15 is 0 Å². The molecule has 7 saturated carbocycles. The molecule has 8 aliphatic rings. The maximum atomic E-state index is 12.1. The maximum absolute atomic E-state index is 12.1. The lowest BCUT2D eigenvalue weighted by atomic mass is 9.52. The molecule has 8 fully saturated rings. The van der Waals surface area contributed by atoms with Crippen LogP contribution in [0.1, 0.15) is 165 Å². The van der Waals surface area contributed by atoms with Crippen molar-refractivity contribution in [3.05, 3.63) is 0 Å². The minimum absolute atomic E-state index is 0.0197. The molecule has 57 heavy (non-hydrogen) atoms. The summed E-state index contributed by atoms with van der Waals surface area (Å²) in [5, 5.41) is 19.9. The molecular formula is C45H69NO11. The van der Waals surface area contributed by atoms with Gasteiger partial charge in [0.2, 0.25) is 0 Å². The second kappa shape index (κ2) is 16.8. The second-order valence-electron chi connectivity index (χ2n) is 20.0. The Kier molecular flexibility index (Phi) is 13.2. The van der Waals surface area contributed by atoms with Gasteiger partial charge in [-0.3, -0.25) is 19.2 Å².